The van der Waals surface area contributed by atoms with Gasteiger partial charge in [0.1, 0.15) is 12.0 Å². The van der Waals surface area contributed by atoms with Gasteiger partial charge in [-0.3, -0.25) is 14.4 Å². The van der Waals surface area contributed by atoms with Gasteiger partial charge in [0.25, 0.3) is 5.91 Å². The molecule has 164 valence electrons. The minimum absolute atomic E-state index is 0.142. The number of carbonyl (C=O) groups excluding carboxylic acids is 1. The first-order valence-electron chi connectivity index (χ1n) is 10.8. The van der Waals surface area contributed by atoms with Crippen LogP contribution in [0.3, 0.4) is 0 Å². The predicted molar refractivity (Wildman–Crippen MR) is 127 cm³/mol. The molecule has 2 saturated heterocycles. The number of amides is 1. The largest absolute Gasteiger partial charge is 0.346 e. The second kappa shape index (κ2) is 8.09. The van der Waals surface area contributed by atoms with Crippen LogP contribution in [-0.4, -0.2) is 72.7 Å². The highest BCUT2D eigenvalue weighted by Crippen LogP contribution is 2.31. The Balaban J connectivity index is 1.06. The number of likely N-dealkylation sites (tertiary alicyclic amines) is 2. The van der Waals surface area contributed by atoms with Crippen LogP contribution in [0.5, 0.6) is 0 Å². The molecule has 0 atom stereocenters. The normalized spacial score (nSPS) is 18.3. The fraction of sp³-hybridized carbons (Fsp3) is 0.364. The third-order valence-electron chi connectivity index (χ3n) is 6.61. The van der Waals surface area contributed by atoms with Crippen molar-refractivity contribution in [2.45, 2.75) is 24.9 Å². The molecular weight excluding hydrogens is 490 g/mol. The predicted octanol–water partition coefficient (Wildman–Crippen LogP) is 3.81. The van der Waals surface area contributed by atoms with Gasteiger partial charge in [0.15, 0.2) is 0 Å². The van der Waals surface area contributed by atoms with Crippen molar-refractivity contribution >= 4 is 44.2 Å². The molecule has 0 saturated carbocycles. The summed E-state index contributed by atoms with van der Waals surface area (Å²) in [5.41, 5.74) is 3.55. The average molecular weight is 512 g/mol. The summed E-state index contributed by atoms with van der Waals surface area (Å²) in [6.45, 7) is 3.64. The Kier molecular flexibility index (Phi) is 5.08. The molecule has 2 aliphatic heterocycles. The van der Waals surface area contributed by atoms with Gasteiger partial charge in [-0.15, -0.1) is 11.3 Å². The number of halogens is 1. The van der Waals surface area contributed by atoms with E-state index in [-0.39, 0.29) is 5.91 Å². The highest BCUT2D eigenvalue weighted by Gasteiger charge is 2.36. The first-order chi connectivity index (χ1) is 15.7. The Hall–Kier alpha value is -2.56. The second-order valence-corrected chi connectivity index (χ2v) is 10.6. The molecule has 4 aromatic rings. The number of hydrogen-bond acceptors (Lipinski definition) is 6. The van der Waals surface area contributed by atoms with E-state index in [4.69, 9.17) is 0 Å². The van der Waals surface area contributed by atoms with Crippen molar-refractivity contribution < 1.29 is 4.79 Å². The smallest absolute Gasteiger partial charge is 0.255 e. The maximum absolute atomic E-state index is 12.7. The van der Waals surface area contributed by atoms with Crippen molar-refractivity contribution in [3.8, 4) is 11.3 Å². The van der Waals surface area contributed by atoms with Gasteiger partial charge < -0.3 is 9.88 Å². The van der Waals surface area contributed by atoms with Crippen molar-refractivity contribution in [3.63, 3.8) is 0 Å². The zero-order chi connectivity index (χ0) is 21.7. The molecule has 1 N–H and O–H groups in total. The molecule has 32 heavy (non-hydrogen) atoms. The highest BCUT2D eigenvalue weighted by molar-refractivity contribution is 9.11. The minimum Gasteiger partial charge on any atom is -0.346 e. The molecule has 0 aromatic carbocycles. The monoisotopic (exact) mass is 511 g/mol. The van der Waals surface area contributed by atoms with E-state index in [1.807, 2.05) is 34.8 Å². The van der Waals surface area contributed by atoms with Gasteiger partial charge in [-0.25, -0.2) is 9.97 Å². The molecule has 0 radical (unpaired) electrons. The summed E-state index contributed by atoms with van der Waals surface area (Å²) in [5.74, 6) is 0.142. The van der Waals surface area contributed by atoms with E-state index in [1.165, 1.54) is 0 Å². The summed E-state index contributed by atoms with van der Waals surface area (Å²) < 4.78 is 2.99. The zero-order valence-electron chi connectivity index (χ0n) is 17.3. The lowest BCUT2D eigenvalue weighted by Gasteiger charge is -2.47. The number of H-pyrrole nitrogens is 1. The average Bonchev–Trinajstić information content (AvgIpc) is 3.53. The zero-order valence-corrected chi connectivity index (χ0v) is 19.7. The Labute approximate surface area is 197 Å². The molecule has 1 amide bonds. The lowest BCUT2D eigenvalue weighted by atomic mass is 9.97. The second-order valence-electron chi connectivity index (χ2n) is 8.41. The van der Waals surface area contributed by atoms with Gasteiger partial charge in [0.2, 0.25) is 0 Å². The number of piperidine rings is 1. The number of rotatable bonds is 4. The summed E-state index contributed by atoms with van der Waals surface area (Å²) in [6, 6.07) is 4.83. The number of nitrogens with one attached hydrogen (secondary N) is 1. The molecule has 0 aliphatic carbocycles. The van der Waals surface area contributed by atoms with Crippen molar-refractivity contribution in [2.75, 3.05) is 26.2 Å². The topological polar surface area (TPSA) is 82.9 Å². The third kappa shape index (κ3) is 3.46. The van der Waals surface area contributed by atoms with E-state index in [9.17, 15) is 4.79 Å². The van der Waals surface area contributed by atoms with Crippen molar-refractivity contribution in [1.29, 1.82) is 0 Å². The molecule has 2 aliphatic rings. The van der Waals surface area contributed by atoms with E-state index >= 15 is 0 Å². The molecule has 6 rings (SSSR count). The van der Waals surface area contributed by atoms with Crippen molar-refractivity contribution in [1.82, 2.24) is 34.5 Å². The molecule has 8 nitrogen and oxygen atoms in total. The van der Waals surface area contributed by atoms with Crippen LogP contribution in [0.15, 0.2) is 46.2 Å². The number of aromatic amines is 1. The number of carbonyl (C=O) groups is 1. The van der Waals surface area contributed by atoms with Crippen LogP contribution in [0, 0.1) is 0 Å². The van der Waals surface area contributed by atoms with Gasteiger partial charge in [-0.1, -0.05) is 0 Å². The van der Waals surface area contributed by atoms with E-state index in [1.54, 1.807) is 17.7 Å². The van der Waals surface area contributed by atoms with Crippen molar-refractivity contribution in [2.24, 2.45) is 0 Å². The van der Waals surface area contributed by atoms with Gasteiger partial charge in [-0.05, 0) is 46.3 Å². The number of aromatic nitrogens is 5. The first kappa shape index (κ1) is 20.1. The molecule has 0 spiro atoms. The van der Waals surface area contributed by atoms with Gasteiger partial charge in [0, 0.05) is 55.6 Å². The Morgan fingerprint density at radius 2 is 2.00 bits per heavy atom. The lowest BCUT2D eigenvalue weighted by molar-refractivity contribution is 0.0198. The quantitative estimate of drug-likeness (QED) is 0.450. The Morgan fingerprint density at radius 1 is 1.16 bits per heavy atom. The van der Waals surface area contributed by atoms with Gasteiger partial charge in [0.05, 0.1) is 27.3 Å². The standard InChI is InChI=1S/C22H22BrN7OS/c23-20-18(4-8-32-20)22(31)28-6-2-15(3-7-28)29-11-16(12-29)30-10-14(9-27-30)19-17-1-5-24-21(17)26-13-25-19/h1,4-5,8-10,13,15-16H,2-3,6-7,11-12H2,(H,24,25,26). The molecule has 2 fully saturated rings. The molecule has 6 heterocycles. The molecule has 0 bridgehead atoms. The Morgan fingerprint density at radius 3 is 2.78 bits per heavy atom. The maximum Gasteiger partial charge on any atom is 0.255 e. The molecule has 10 heteroatoms. The van der Waals surface area contributed by atoms with Crippen LogP contribution >= 0.6 is 27.3 Å². The SMILES string of the molecule is O=C(c1ccsc1Br)N1CCC(N2CC(n3cc(-c4ncnc5[nH]ccc45)cn3)C2)CC1. The van der Waals surface area contributed by atoms with Crippen LogP contribution in [0.2, 0.25) is 0 Å². The Bertz CT molecular complexity index is 1270. The summed E-state index contributed by atoms with van der Waals surface area (Å²) in [7, 11) is 0. The minimum atomic E-state index is 0.142. The highest BCUT2D eigenvalue weighted by atomic mass is 79.9. The van der Waals surface area contributed by atoms with Crippen molar-refractivity contribution in [3.05, 3.63) is 51.8 Å². The van der Waals surface area contributed by atoms with Crippen LogP contribution in [-0.2, 0) is 0 Å². The number of nitrogens with zero attached hydrogens (tertiary/aromatic N) is 6. The molecule has 0 unspecified atom stereocenters. The van der Waals surface area contributed by atoms with Crippen LogP contribution < -0.4 is 0 Å². The summed E-state index contributed by atoms with van der Waals surface area (Å²) in [6.07, 6.45) is 9.51. The maximum atomic E-state index is 12.7. The fourth-order valence-electron chi connectivity index (χ4n) is 4.77. The van der Waals surface area contributed by atoms with Crippen LogP contribution in [0.4, 0.5) is 0 Å². The number of thiophene rings is 1. The van der Waals surface area contributed by atoms with E-state index in [0.29, 0.717) is 12.1 Å². The van der Waals surface area contributed by atoms with Gasteiger partial charge in [-0.2, -0.15) is 5.10 Å². The van der Waals surface area contributed by atoms with E-state index in [2.05, 4.69) is 51.8 Å². The van der Waals surface area contributed by atoms with Gasteiger partial charge >= 0.3 is 0 Å². The van der Waals surface area contributed by atoms with Crippen LogP contribution in [0.1, 0.15) is 29.2 Å². The molecule has 4 aromatic heterocycles. The third-order valence-corrected chi connectivity index (χ3v) is 8.30. The first-order valence-corrected chi connectivity index (χ1v) is 12.4. The van der Waals surface area contributed by atoms with E-state index in [0.717, 1.165) is 70.7 Å². The van der Waals surface area contributed by atoms with Crippen LogP contribution in [0.25, 0.3) is 22.3 Å². The lowest BCUT2D eigenvalue weighted by Crippen LogP contribution is -2.56. The summed E-state index contributed by atoms with van der Waals surface area (Å²) in [5, 5.41) is 7.59. The number of fused-ring (bicyclic) bond motifs is 1. The number of hydrogen-bond donors (Lipinski definition) is 1. The summed E-state index contributed by atoms with van der Waals surface area (Å²) >= 11 is 5.05. The van der Waals surface area contributed by atoms with E-state index < -0.39 is 0 Å². The fourth-order valence-corrected chi connectivity index (χ4v) is 6.00. The summed E-state index contributed by atoms with van der Waals surface area (Å²) in [4.78, 5) is 29.1. The molecular formula is C22H22BrN7OS.